The molecule has 150 valence electrons. The Labute approximate surface area is 168 Å². The summed E-state index contributed by atoms with van der Waals surface area (Å²) in [5.41, 5.74) is 3.93. The van der Waals surface area contributed by atoms with E-state index in [0.717, 1.165) is 16.7 Å². The Kier molecular flexibility index (Phi) is 5.04. The number of hydrogen-bond acceptors (Lipinski definition) is 5. The summed E-state index contributed by atoms with van der Waals surface area (Å²) in [5, 5.41) is 23.8. The Hall–Kier alpha value is -3.23. The lowest BCUT2D eigenvalue weighted by molar-refractivity contribution is -0.150. The van der Waals surface area contributed by atoms with E-state index in [0.29, 0.717) is 30.3 Å². The summed E-state index contributed by atoms with van der Waals surface area (Å²) >= 11 is 0. The van der Waals surface area contributed by atoms with Crippen molar-refractivity contribution in [2.45, 2.75) is 25.7 Å². The van der Waals surface area contributed by atoms with Crippen LogP contribution < -0.4 is 15.5 Å². The summed E-state index contributed by atoms with van der Waals surface area (Å²) in [5.74, 6) is -0.820. The Morgan fingerprint density at radius 1 is 1.31 bits per heavy atom. The zero-order valence-electron chi connectivity index (χ0n) is 15.9. The van der Waals surface area contributed by atoms with Gasteiger partial charge in [0.2, 0.25) is 0 Å². The second kappa shape index (κ2) is 7.65. The lowest BCUT2D eigenvalue weighted by atomic mass is 10.1. The molecule has 0 saturated carbocycles. The Bertz CT molecular complexity index is 973. The highest BCUT2D eigenvalue weighted by molar-refractivity contribution is 6.04. The van der Waals surface area contributed by atoms with Gasteiger partial charge in [0.25, 0.3) is 11.8 Å². The number of carbonyl (C=O) groups excluding carboxylic acids is 2. The molecule has 2 amide bonds. The van der Waals surface area contributed by atoms with Gasteiger partial charge in [-0.15, -0.1) is 0 Å². The van der Waals surface area contributed by atoms with Gasteiger partial charge in [-0.25, -0.2) is 0 Å². The molecule has 29 heavy (non-hydrogen) atoms. The monoisotopic (exact) mass is 394 g/mol. The van der Waals surface area contributed by atoms with E-state index in [2.05, 4.69) is 10.6 Å². The maximum atomic E-state index is 12.8. The van der Waals surface area contributed by atoms with Crippen molar-refractivity contribution in [1.82, 2.24) is 5.32 Å². The van der Waals surface area contributed by atoms with Crippen molar-refractivity contribution >= 4 is 29.0 Å². The number of anilines is 2. The quantitative estimate of drug-likeness (QED) is 0.621. The first-order valence-corrected chi connectivity index (χ1v) is 9.38. The van der Waals surface area contributed by atoms with Gasteiger partial charge in [0.1, 0.15) is 5.84 Å². The van der Waals surface area contributed by atoms with Crippen LogP contribution in [0.2, 0.25) is 0 Å². The topological polar surface area (TPSA) is 115 Å². The molecule has 2 aliphatic rings. The fourth-order valence-electron chi connectivity index (χ4n) is 3.51. The van der Waals surface area contributed by atoms with Crippen molar-refractivity contribution in [3.8, 4) is 0 Å². The number of aryl methyl sites for hydroxylation is 1. The first-order chi connectivity index (χ1) is 13.9. The molecule has 2 aromatic carbocycles. The second-order valence-corrected chi connectivity index (χ2v) is 7.15. The Morgan fingerprint density at radius 2 is 2.07 bits per heavy atom. The summed E-state index contributed by atoms with van der Waals surface area (Å²) in [6.07, 6.45) is -2.91. The van der Waals surface area contributed by atoms with E-state index in [4.69, 9.17) is 10.1 Å². The molecule has 0 radical (unpaired) electrons. The predicted molar refractivity (Wildman–Crippen MR) is 108 cm³/mol. The van der Waals surface area contributed by atoms with Crippen molar-refractivity contribution in [3.05, 3.63) is 59.2 Å². The minimum atomic E-state index is -1.64. The number of amidine groups is 1. The number of hydrogen-bond donors (Lipinski definition) is 4. The molecule has 0 unspecified atom stereocenters. The molecule has 8 nitrogen and oxygen atoms in total. The van der Waals surface area contributed by atoms with E-state index in [9.17, 15) is 14.7 Å². The van der Waals surface area contributed by atoms with E-state index in [1.807, 2.05) is 31.2 Å². The molecule has 4 N–H and O–H groups in total. The van der Waals surface area contributed by atoms with Gasteiger partial charge >= 0.3 is 0 Å². The van der Waals surface area contributed by atoms with Gasteiger partial charge in [-0.3, -0.25) is 15.0 Å². The van der Waals surface area contributed by atoms with E-state index in [1.54, 1.807) is 18.2 Å². The smallest absolute Gasteiger partial charge is 0.259 e. The van der Waals surface area contributed by atoms with Gasteiger partial charge in [-0.05, 0) is 42.8 Å². The van der Waals surface area contributed by atoms with Crippen LogP contribution in [0.4, 0.5) is 11.4 Å². The summed E-state index contributed by atoms with van der Waals surface area (Å²) in [6, 6.07) is 12.6. The van der Waals surface area contributed by atoms with Gasteiger partial charge in [0.15, 0.2) is 12.2 Å². The Balaban J connectivity index is 1.46. The molecule has 2 aromatic rings. The van der Waals surface area contributed by atoms with Crippen LogP contribution in [-0.4, -0.2) is 48.1 Å². The van der Waals surface area contributed by atoms with Crippen LogP contribution in [0.3, 0.4) is 0 Å². The maximum Gasteiger partial charge on any atom is 0.259 e. The number of ether oxygens (including phenoxy) is 1. The van der Waals surface area contributed by atoms with Crippen LogP contribution in [0.1, 0.15) is 16.7 Å². The third kappa shape index (κ3) is 3.72. The fraction of sp³-hybridized carbons (Fsp3) is 0.286. The van der Waals surface area contributed by atoms with E-state index in [-0.39, 0.29) is 6.61 Å². The van der Waals surface area contributed by atoms with E-state index >= 15 is 0 Å². The fourth-order valence-corrected chi connectivity index (χ4v) is 3.51. The number of fused-ring (bicyclic) bond motifs is 1. The molecule has 2 aliphatic heterocycles. The van der Waals surface area contributed by atoms with Crippen molar-refractivity contribution in [2.24, 2.45) is 0 Å². The van der Waals surface area contributed by atoms with Crippen molar-refractivity contribution in [3.63, 3.8) is 0 Å². The minimum Gasteiger partial charge on any atom is -0.380 e. The summed E-state index contributed by atoms with van der Waals surface area (Å²) in [4.78, 5) is 26.9. The highest BCUT2D eigenvalue weighted by Crippen LogP contribution is 2.23. The number of aliphatic hydroxyl groups is 1. The van der Waals surface area contributed by atoms with Crippen molar-refractivity contribution in [1.29, 1.82) is 5.41 Å². The average Bonchev–Trinajstić information content (AvgIpc) is 3.08. The van der Waals surface area contributed by atoms with Crippen LogP contribution in [0, 0.1) is 12.3 Å². The van der Waals surface area contributed by atoms with Gasteiger partial charge < -0.3 is 25.4 Å². The number of morpholine rings is 1. The van der Waals surface area contributed by atoms with Gasteiger partial charge in [-0.2, -0.15) is 0 Å². The lowest BCUT2D eigenvalue weighted by Gasteiger charge is -2.34. The number of rotatable bonds is 4. The molecule has 0 spiro atoms. The highest BCUT2D eigenvalue weighted by atomic mass is 16.5. The van der Waals surface area contributed by atoms with Crippen LogP contribution in [0.15, 0.2) is 42.5 Å². The third-order valence-corrected chi connectivity index (χ3v) is 5.12. The molecule has 2 atom stereocenters. The molecule has 2 heterocycles. The summed E-state index contributed by atoms with van der Waals surface area (Å²) < 4.78 is 5.43. The van der Waals surface area contributed by atoms with Crippen LogP contribution in [0.25, 0.3) is 0 Å². The zero-order valence-corrected chi connectivity index (χ0v) is 15.9. The number of aliphatic hydroxyl groups excluding tert-OH is 1. The van der Waals surface area contributed by atoms with Gasteiger partial charge in [0, 0.05) is 30.0 Å². The summed E-state index contributed by atoms with van der Waals surface area (Å²) in [7, 11) is 0. The van der Waals surface area contributed by atoms with E-state index < -0.39 is 24.0 Å². The van der Waals surface area contributed by atoms with Crippen molar-refractivity contribution in [2.75, 3.05) is 23.4 Å². The van der Waals surface area contributed by atoms with Crippen LogP contribution in [-0.2, 0) is 20.9 Å². The summed E-state index contributed by atoms with van der Waals surface area (Å²) in [6.45, 7) is 3.05. The molecule has 4 rings (SSSR count). The number of nitrogens with one attached hydrogen (secondary N) is 3. The first-order valence-electron chi connectivity index (χ1n) is 9.38. The molecule has 0 aromatic heterocycles. The largest absolute Gasteiger partial charge is 0.380 e. The third-order valence-electron chi connectivity index (χ3n) is 5.12. The Morgan fingerprint density at radius 3 is 2.83 bits per heavy atom. The normalized spacial score (nSPS) is 19.5. The average molecular weight is 394 g/mol. The van der Waals surface area contributed by atoms with E-state index in [1.165, 1.54) is 4.90 Å². The molecule has 0 bridgehead atoms. The number of benzene rings is 2. The second-order valence-electron chi connectivity index (χ2n) is 7.15. The zero-order chi connectivity index (χ0) is 20.5. The molecule has 1 fully saturated rings. The predicted octanol–water partition coefficient (Wildman–Crippen LogP) is 1.15. The maximum absolute atomic E-state index is 12.8. The molecule has 8 heteroatoms. The minimum absolute atomic E-state index is 0.223. The molecular weight excluding hydrogens is 372 g/mol. The van der Waals surface area contributed by atoms with Crippen LogP contribution >= 0.6 is 0 Å². The number of nitrogens with zero attached hydrogens (tertiary/aromatic N) is 1. The highest BCUT2D eigenvalue weighted by Gasteiger charge is 2.39. The van der Waals surface area contributed by atoms with Gasteiger partial charge in [-0.1, -0.05) is 17.7 Å². The lowest BCUT2D eigenvalue weighted by Crippen LogP contribution is -2.55. The van der Waals surface area contributed by atoms with Crippen molar-refractivity contribution < 1.29 is 19.4 Å². The number of carbonyl (C=O) groups is 2. The number of amides is 2. The first kappa shape index (κ1) is 19.1. The molecule has 0 aliphatic carbocycles. The molecule has 1 saturated heterocycles. The molecular formula is C21H22N4O4. The van der Waals surface area contributed by atoms with Gasteiger partial charge in [0.05, 0.1) is 6.61 Å². The standard InChI is InChI=1S/C21H22N4O4/c1-12-2-5-15(6-3-12)25-8-9-29-18(21(25)28)17(26)20(27)24-14-4-7-16-13(10-14)11-23-19(16)22/h2-7,10,17-18,26H,8-9,11H2,1H3,(H2,22,23)(H,24,27)/t17-,18-/m1/s1. The van der Waals surface area contributed by atoms with Crippen LogP contribution in [0.5, 0.6) is 0 Å². The SMILES string of the molecule is Cc1ccc(N2CCO[C@H]([C@@H](O)C(=O)Nc3ccc4c(c3)CNC4=N)C2=O)cc1.